The number of nitrogens with one attached hydrogen (secondary N) is 1. The standard InChI is InChI=1S/C20H19N3O2/c1-14-4-2-3-5-16(14)10-19(24)22-17-11-20(25)23(13-17)18-8-6-15(12-21)7-9-18/h2-9,17H,10-11,13H2,1H3,(H,22,24). The predicted octanol–water partition coefficient (Wildman–Crippen LogP) is 2.33. The molecule has 2 amide bonds. The third-order valence-electron chi connectivity index (χ3n) is 4.41. The van der Waals surface area contributed by atoms with Gasteiger partial charge in [0.2, 0.25) is 11.8 Å². The average molecular weight is 333 g/mol. The maximum atomic E-state index is 12.3. The average Bonchev–Trinajstić information content (AvgIpc) is 2.97. The quantitative estimate of drug-likeness (QED) is 0.933. The molecule has 0 aliphatic carbocycles. The first kappa shape index (κ1) is 16.7. The smallest absolute Gasteiger partial charge is 0.229 e. The molecule has 0 bridgehead atoms. The van der Waals surface area contributed by atoms with Gasteiger partial charge in [-0.05, 0) is 42.3 Å². The van der Waals surface area contributed by atoms with Gasteiger partial charge in [0.05, 0.1) is 24.1 Å². The van der Waals surface area contributed by atoms with Crippen LogP contribution in [0, 0.1) is 18.3 Å². The maximum Gasteiger partial charge on any atom is 0.229 e. The Morgan fingerprint density at radius 1 is 1.24 bits per heavy atom. The molecule has 3 rings (SSSR count). The van der Waals surface area contributed by atoms with Gasteiger partial charge in [-0.15, -0.1) is 0 Å². The largest absolute Gasteiger partial charge is 0.351 e. The molecule has 2 aromatic carbocycles. The Morgan fingerprint density at radius 3 is 2.64 bits per heavy atom. The monoisotopic (exact) mass is 333 g/mol. The fourth-order valence-corrected chi connectivity index (χ4v) is 3.03. The minimum Gasteiger partial charge on any atom is -0.351 e. The molecule has 0 saturated carbocycles. The number of nitriles is 1. The first-order valence-electron chi connectivity index (χ1n) is 8.21. The van der Waals surface area contributed by atoms with E-state index in [0.717, 1.165) is 16.8 Å². The second-order valence-corrected chi connectivity index (χ2v) is 6.23. The number of rotatable bonds is 4. The number of anilines is 1. The third-order valence-corrected chi connectivity index (χ3v) is 4.41. The summed E-state index contributed by atoms with van der Waals surface area (Å²) in [6.45, 7) is 2.43. The summed E-state index contributed by atoms with van der Waals surface area (Å²) in [7, 11) is 0. The number of amides is 2. The first-order chi connectivity index (χ1) is 12.1. The van der Waals surface area contributed by atoms with Gasteiger partial charge in [0.25, 0.3) is 0 Å². The van der Waals surface area contributed by atoms with Gasteiger partial charge >= 0.3 is 0 Å². The van der Waals surface area contributed by atoms with Crippen molar-refractivity contribution in [2.45, 2.75) is 25.8 Å². The fourth-order valence-electron chi connectivity index (χ4n) is 3.03. The van der Waals surface area contributed by atoms with E-state index in [2.05, 4.69) is 11.4 Å². The highest BCUT2D eigenvalue weighted by molar-refractivity contribution is 5.97. The van der Waals surface area contributed by atoms with Crippen LogP contribution in [-0.2, 0) is 16.0 Å². The second kappa shape index (κ2) is 7.18. The zero-order valence-electron chi connectivity index (χ0n) is 14.0. The molecule has 1 heterocycles. The summed E-state index contributed by atoms with van der Waals surface area (Å²) in [5, 5.41) is 11.8. The molecule has 0 spiro atoms. The number of nitrogens with zero attached hydrogens (tertiary/aromatic N) is 2. The Balaban J connectivity index is 1.61. The zero-order chi connectivity index (χ0) is 17.8. The number of benzene rings is 2. The molecule has 0 radical (unpaired) electrons. The van der Waals surface area contributed by atoms with Gasteiger partial charge in [-0.1, -0.05) is 24.3 Å². The minimum absolute atomic E-state index is 0.0223. The lowest BCUT2D eigenvalue weighted by molar-refractivity contribution is -0.121. The molecular formula is C20H19N3O2. The van der Waals surface area contributed by atoms with E-state index in [0.29, 0.717) is 24.9 Å². The van der Waals surface area contributed by atoms with E-state index in [1.807, 2.05) is 31.2 Å². The third kappa shape index (κ3) is 3.86. The van der Waals surface area contributed by atoms with Crippen molar-refractivity contribution in [3.05, 3.63) is 65.2 Å². The lowest BCUT2D eigenvalue weighted by atomic mass is 10.1. The summed E-state index contributed by atoms with van der Waals surface area (Å²) in [6, 6.07) is 16.5. The Morgan fingerprint density at radius 2 is 1.96 bits per heavy atom. The van der Waals surface area contributed by atoms with Crippen LogP contribution in [0.25, 0.3) is 0 Å². The van der Waals surface area contributed by atoms with Gasteiger partial charge in [0, 0.05) is 18.7 Å². The van der Waals surface area contributed by atoms with Crippen molar-refractivity contribution in [3.8, 4) is 6.07 Å². The second-order valence-electron chi connectivity index (χ2n) is 6.23. The first-order valence-corrected chi connectivity index (χ1v) is 8.21. The molecule has 1 aliphatic rings. The van der Waals surface area contributed by atoms with Crippen LogP contribution in [0.15, 0.2) is 48.5 Å². The molecule has 1 aliphatic heterocycles. The molecule has 25 heavy (non-hydrogen) atoms. The van der Waals surface area contributed by atoms with Crippen LogP contribution in [0.2, 0.25) is 0 Å². The van der Waals surface area contributed by atoms with Gasteiger partial charge in [0.1, 0.15) is 0 Å². The molecular weight excluding hydrogens is 314 g/mol. The van der Waals surface area contributed by atoms with Gasteiger partial charge < -0.3 is 10.2 Å². The molecule has 5 nitrogen and oxygen atoms in total. The van der Waals surface area contributed by atoms with Crippen molar-refractivity contribution < 1.29 is 9.59 Å². The normalized spacial score (nSPS) is 16.6. The minimum atomic E-state index is -0.195. The SMILES string of the molecule is Cc1ccccc1CC(=O)NC1CC(=O)N(c2ccc(C#N)cc2)C1. The molecule has 0 aromatic heterocycles. The summed E-state index contributed by atoms with van der Waals surface area (Å²) in [4.78, 5) is 26.2. The Bertz CT molecular complexity index is 837. The molecule has 1 N–H and O–H groups in total. The van der Waals surface area contributed by atoms with Crippen molar-refractivity contribution in [1.82, 2.24) is 5.32 Å². The summed E-state index contributed by atoms with van der Waals surface area (Å²) in [6.07, 6.45) is 0.605. The van der Waals surface area contributed by atoms with E-state index >= 15 is 0 Å². The van der Waals surface area contributed by atoms with E-state index in [1.54, 1.807) is 29.2 Å². The topological polar surface area (TPSA) is 73.2 Å². The van der Waals surface area contributed by atoms with Crippen molar-refractivity contribution in [2.75, 3.05) is 11.4 Å². The maximum absolute atomic E-state index is 12.3. The van der Waals surface area contributed by atoms with Crippen LogP contribution in [0.5, 0.6) is 0 Å². The molecule has 126 valence electrons. The van der Waals surface area contributed by atoms with Crippen LogP contribution >= 0.6 is 0 Å². The van der Waals surface area contributed by atoms with Crippen molar-refractivity contribution >= 4 is 17.5 Å². The summed E-state index contributed by atoms with van der Waals surface area (Å²) in [5.41, 5.74) is 3.38. The molecule has 1 atom stereocenters. The highest BCUT2D eigenvalue weighted by atomic mass is 16.2. The van der Waals surface area contributed by atoms with E-state index in [9.17, 15) is 9.59 Å². The molecule has 5 heteroatoms. The molecule has 1 fully saturated rings. The van der Waals surface area contributed by atoms with Gasteiger partial charge in [-0.2, -0.15) is 5.26 Å². The number of carbonyl (C=O) groups excluding carboxylic acids is 2. The molecule has 2 aromatic rings. The highest BCUT2D eigenvalue weighted by Crippen LogP contribution is 2.22. The van der Waals surface area contributed by atoms with Crippen LogP contribution in [0.3, 0.4) is 0 Å². The van der Waals surface area contributed by atoms with Crippen LogP contribution in [0.4, 0.5) is 5.69 Å². The number of hydrogen-bond acceptors (Lipinski definition) is 3. The predicted molar refractivity (Wildman–Crippen MR) is 94.9 cm³/mol. The zero-order valence-corrected chi connectivity index (χ0v) is 14.0. The van der Waals surface area contributed by atoms with Crippen LogP contribution in [0.1, 0.15) is 23.1 Å². The summed E-state index contributed by atoms with van der Waals surface area (Å²) >= 11 is 0. The lowest BCUT2D eigenvalue weighted by Crippen LogP contribution is -2.38. The van der Waals surface area contributed by atoms with Crippen LogP contribution < -0.4 is 10.2 Å². The Kier molecular flexibility index (Phi) is 4.80. The number of hydrogen-bond donors (Lipinski definition) is 1. The van der Waals surface area contributed by atoms with E-state index < -0.39 is 0 Å². The van der Waals surface area contributed by atoms with E-state index in [1.165, 1.54) is 0 Å². The highest BCUT2D eigenvalue weighted by Gasteiger charge is 2.31. The summed E-state index contributed by atoms with van der Waals surface area (Å²) < 4.78 is 0. The lowest BCUT2D eigenvalue weighted by Gasteiger charge is -2.17. The number of carbonyl (C=O) groups is 2. The van der Waals surface area contributed by atoms with Gasteiger partial charge in [-0.25, -0.2) is 0 Å². The molecule has 1 saturated heterocycles. The van der Waals surface area contributed by atoms with Crippen molar-refractivity contribution in [2.24, 2.45) is 0 Å². The van der Waals surface area contributed by atoms with Gasteiger partial charge in [0.15, 0.2) is 0 Å². The van der Waals surface area contributed by atoms with E-state index in [4.69, 9.17) is 5.26 Å². The van der Waals surface area contributed by atoms with Gasteiger partial charge in [-0.3, -0.25) is 9.59 Å². The summed E-state index contributed by atoms with van der Waals surface area (Å²) in [5.74, 6) is -0.0975. The van der Waals surface area contributed by atoms with Crippen LogP contribution in [-0.4, -0.2) is 24.4 Å². The Labute approximate surface area is 146 Å². The Hall–Kier alpha value is -3.13. The fraction of sp³-hybridized carbons (Fsp3) is 0.250. The molecule has 1 unspecified atom stereocenters. The van der Waals surface area contributed by atoms with Crippen molar-refractivity contribution in [3.63, 3.8) is 0 Å². The number of aryl methyl sites for hydroxylation is 1. The van der Waals surface area contributed by atoms with Crippen molar-refractivity contribution in [1.29, 1.82) is 5.26 Å². The van der Waals surface area contributed by atoms with E-state index in [-0.39, 0.29) is 17.9 Å².